The predicted octanol–water partition coefficient (Wildman–Crippen LogP) is 2.73. The van der Waals surface area contributed by atoms with E-state index in [-0.39, 0.29) is 0 Å². The first-order valence-corrected chi connectivity index (χ1v) is 11.3. The minimum Gasteiger partial charge on any atom is -0.481 e. The fraction of sp³-hybridized carbons (Fsp3) is 0.522. The van der Waals surface area contributed by atoms with Crippen LogP contribution in [0, 0.1) is 12.8 Å². The molecule has 3 aromatic heterocycles. The van der Waals surface area contributed by atoms with E-state index in [2.05, 4.69) is 44.3 Å². The Kier molecular flexibility index (Phi) is 5.84. The molecule has 32 heavy (non-hydrogen) atoms. The molecule has 0 bridgehead atoms. The molecule has 0 unspecified atom stereocenters. The van der Waals surface area contributed by atoms with Crippen LogP contribution in [0.25, 0.3) is 16.9 Å². The third-order valence-corrected chi connectivity index (χ3v) is 6.47. The molecule has 9 heteroatoms. The van der Waals surface area contributed by atoms with Crippen LogP contribution in [0.5, 0.6) is 5.88 Å². The summed E-state index contributed by atoms with van der Waals surface area (Å²) in [6.45, 7) is 6.38. The van der Waals surface area contributed by atoms with Crippen molar-refractivity contribution in [3.8, 4) is 22.8 Å². The molecular formula is C23H31N7O2. The second-order valence-corrected chi connectivity index (χ2v) is 8.78. The Morgan fingerprint density at radius 1 is 1.25 bits per heavy atom. The van der Waals surface area contributed by atoms with Crippen LogP contribution in [-0.4, -0.2) is 70.0 Å². The van der Waals surface area contributed by atoms with Crippen molar-refractivity contribution in [2.24, 2.45) is 5.92 Å². The van der Waals surface area contributed by atoms with Crippen molar-refractivity contribution in [1.82, 2.24) is 29.4 Å². The smallest absolute Gasteiger partial charge is 0.215 e. The van der Waals surface area contributed by atoms with Crippen LogP contribution in [0.15, 0.2) is 24.7 Å². The molecule has 2 aliphatic rings. The Labute approximate surface area is 188 Å². The first-order chi connectivity index (χ1) is 15.6. The van der Waals surface area contributed by atoms with Gasteiger partial charge in [0.15, 0.2) is 0 Å². The summed E-state index contributed by atoms with van der Waals surface area (Å²) in [5, 5.41) is 13.1. The van der Waals surface area contributed by atoms with Crippen LogP contribution in [0.3, 0.4) is 0 Å². The first kappa shape index (κ1) is 21.0. The number of piperidine rings is 1. The van der Waals surface area contributed by atoms with Gasteiger partial charge in [-0.3, -0.25) is 4.68 Å². The number of aromatic nitrogens is 5. The Balaban J connectivity index is 1.47. The Morgan fingerprint density at radius 3 is 2.88 bits per heavy atom. The number of anilines is 1. The van der Waals surface area contributed by atoms with Gasteiger partial charge >= 0.3 is 0 Å². The molecule has 0 saturated carbocycles. The molecule has 3 aromatic rings. The Bertz CT molecular complexity index is 1080. The normalized spacial score (nSPS) is 17.6. The molecule has 0 aliphatic carbocycles. The highest BCUT2D eigenvalue weighted by molar-refractivity contribution is 5.71. The van der Waals surface area contributed by atoms with Crippen LogP contribution in [0.4, 0.5) is 5.82 Å². The van der Waals surface area contributed by atoms with E-state index in [4.69, 9.17) is 14.6 Å². The number of hydrogen-bond acceptors (Lipinski definition) is 7. The first-order valence-electron chi connectivity index (χ1n) is 11.3. The van der Waals surface area contributed by atoms with Crippen molar-refractivity contribution >= 4 is 5.82 Å². The molecule has 0 amide bonds. The monoisotopic (exact) mass is 437 g/mol. The van der Waals surface area contributed by atoms with Gasteiger partial charge in [0.05, 0.1) is 31.8 Å². The minimum atomic E-state index is 0.460. The fourth-order valence-corrected chi connectivity index (χ4v) is 4.63. The van der Waals surface area contributed by atoms with Crippen molar-refractivity contribution in [2.75, 3.05) is 45.9 Å². The molecule has 170 valence electrons. The van der Waals surface area contributed by atoms with Gasteiger partial charge in [-0.05, 0) is 51.9 Å². The number of hydrogen-bond donors (Lipinski definition) is 1. The van der Waals surface area contributed by atoms with Crippen molar-refractivity contribution in [1.29, 1.82) is 0 Å². The largest absolute Gasteiger partial charge is 0.481 e. The van der Waals surface area contributed by atoms with E-state index in [0.29, 0.717) is 25.1 Å². The van der Waals surface area contributed by atoms with Gasteiger partial charge in [-0.15, -0.1) is 0 Å². The lowest BCUT2D eigenvalue weighted by molar-refractivity contribution is 0.159. The molecule has 0 radical (unpaired) electrons. The Hall–Kier alpha value is -2.91. The minimum absolute atomic E-state index is 0.460. The van der Waals surface area contributed by atoms with Crippen molar-refractivity contribution in [2.45, 2.75) is 32.7 Å². The lowest BCUT2D eigenvalue weighted by Gasteiger charge is -2.28. The van der Waals surface area contributed by atoms with E-state index in [1.165, 1.54) is 12.8 Å². The van der Waals surface area contributed by atoms with E-state index in [0.717, 1.165) is 59.9 Å². The van der Waals surface area contributed by atoms with Gasteiger partial charge in [-0.1, -0.05) is 0 Å². The molecule has 9 nitrogen and oxygen atoms in total. The molecule has 1 N–H and O–H groups in total. The summed E-state index contributed by atoms with van der Waals surface area (Å²) >= 11 is 0. The van der Waals surface area contributed by atoms with Gasteiger partial charge in [0.1, 0.15) is 18.2 Å². The second kappa shape index (κ2) is 8.91. The summed E-state index contributed by atoms with van der Waals surface area (Å²) in [5.41, 5.74) is 4.96. The zero-order valence-electron chi connectivity index (χ0n) is 19.0. The third-order valence-electron chi connectivity index (χ3n) is 6.47. The van der Waals surface area contributed by atoms with E-state index < -0.39 is 0 Å². The van der Waals surface area contributed by atoms with Gasteiger partial charge in [0.25, 0.3) is 0 Å². The maximum Gasteiger partial charge on any atom is 0.215 e. The molecule has 1 fully saturated rings. The quantitative estimate of drug-likeness (QED) is 0.657. The van der Waals surface area contributed by atoms with Gasteiger partial charge in [0.2, 0.25) is 5.88 Å². The highest BCUT2D eigenvalue weighted by atomic mass is 16.5. The number of aryl methyl sites for hydroxylation is 1. The molecule has 5 rings (SSSR count). The summed E-state index contributed by atoms with van der Waals surface area (Å²) in [5.74, 6) is 2.27. The SMILES string of the molecule is COc1ncc(-c2nn(-c3cnn(CC4CCN(C)CC4)c3)c3c2CCOCN3)cc1C. The maximum atomic E-state index is 5.68. The summed E-state index contributed by atoms with van der Waals surface area (Å²) in [6.07, 6.45) is 9.04. The zero-order chi connectivity index (χ0) is 22.1. The number of likely N-dealkylation sites (tertiary alicyclic amines) is 1. The van der Waals surface area contributed by atoms with Crippen LogP contribution in [0.2, 0.25) is 0 Å². The number of nitrogens with one attached hydrogen (secondary N) is 1. The average molecular weight is 438 g/mol. The average Bonchev–Trinajstić information content (AvgIpc) is 3.32. The number of fused-ring (bicyclic) bond motifs is 1. The lowest BCUT2D eigenvalue weighted by atomic mass is 9.97. The molecule has 2 aliphatic heterocycles. The second-order valence-electron chi connectivity index (χ2n) is 8.78. The molecule has 0 aromatic carbocycles. The van der Waals surface area contributed by atoms with E-state index in [1.54, 1.807) is 7.11 Å². The van der Waals surface area contributed by atoms with Crippen LogP contribution >= 0.6 is 0 Å². The topological polar surface area (TPSA) is 82.3 Å². The lowest BCUT2D eigenvalue weighted by Crippen LogP contribution is -2.31. The standard InChI is InChI=1S/C23H31N7O2/c1-16-10-18(11-24-23(16)31-3)21-20-6-9-32-15-25-22(20)30(27-21)19-12-26-29(14-19)13-17-4-7-28(2)8-5-17/h10-12,14,17,25H,4-9,13,15H2,1-3H3. The van der Waals surface area contributed by atoms with Crippen LogP contribution in [-0.2, 0) is 17.7 Å². The van der Waals surface area contributed by atoms with Gasteiger partial charge in [0, 0.05) is 35.9 Å². The number of rotatable bonds is 5. The van der Waals surface area contributed by atoms with Crippen molar-refractivity contribution in [3.63, 3.8) is 0 Å². The zero-order valence-corrected chi connectivity index (χ0v) is 19.0. The third kappa shape index (κ3) is 4.10. The van der Waals surface area contributed by atoms with E-state index >= 15 is 0 Å². The van der Waals surface area contributed by atoms with E-state index in [1.807, 2.05) is 24.0 Å². The molecule has 0 spiro atoms. The highest BCUT2D eigenvalue weighted by Crippen LogP contribution is 2.33. The van der Waals surface area contributed by atoms with Crippen molar-refractivity contribution < 1.29 is 9.47 Å². The molecule has 0 atom stereocenters. The number of pyridine rings is 1. The van der Waals surface area contributed by atoms with Crippen LogP contribution < -0.4 is 10.1 Å². The highest BCUT2D eigenvalue weighted by Gasteiger charge is 2.24. The molecule has 1 saturated heterocycles. The summed E-state index contributed by atoms with van der Waals surface area (Å²) < 4.78 is 15.0. The maximum absolute atomic E-state index is 5.68. The molecule has 5 heterocycles. The van der Waals surface area contributed by atoms with Gasteiger partial charge in [-0.2, -0.15) is 10.2 Å². The van der Waals surface area contributed by atoms with Crippen molar-refractivity contribution in [3.05, 3.63) is 35.8 Å². The van der Waals surface area contributed by atoms with Gasteiger partial charge in [-0.25, -0.2) is 9.67 Å². The summed E-state index contributed by atoms with van der Waals surface area (Å²) in [6, 6.07) is 2.08. The van der Waals surface area contributed by atoms with E-state index in [9.17, 15) is 0 Å². The summed E-state index contributed by atoms with van der Waals surface area (Å²) in [7, 11) is 3.83. The fourth-order valence-electron chi connectivity index (χ4n) is 4.63. The summed E-state index contributed by atoms with van der Waals surface area (Å²) in [4.78, 5) is 6.86. The van der Waals surface area contributed by atoms with Gasteiger partial charge < -0.3 is 19.7 Å². The predicted molar refractivity (Wildman–Crippen MR) is 122 cm³/mol. The number of methoxy groups -OCH3 is 1. The molecular weight excluding hydrogens is 406 g/mol. The number of ether oxygens (including phenoxy) is 2. The number of nitrogens with zero attached hydrogens (tertiary/aromatic N) is 6. The Morgan fingerprint density at radius 2 is 2.09 bits per heavy atom. The van der Waals surface area contributed by atoms with Crippen LogP contribution in [0.1, 0.15) is 24.0 Å².